The van der Waals surface area contributed by atoms with Gasteiger partial charge in [0.1, 0.15) is 5.82 Å². The van der Waals surface area contributed by atoms with Gasteiger partial charge in [0.15, 0.2) is 0 Å². The first kappa shape index (κ1) is 12.7. The molecule has 0 aliphatic carbocycles. The van der Waals surface area contributed by atoms with Gasteiger partial charge >= 0.3 is 5.97 Å². The molecule has 0 aromatic heterocycles. The molecule has 2 nitrogen and oxygen atoms in total. The molecule has 1 rings (SSSR count). The van der Waals surface area contributed by atoms with Crippen molar-refractivity contribution < 1.29 is 13.9 Å². The molecule has 0 spiro atoms. The quantitative estimate of drug-likeness (QED) is 0.735. The van der Waals surface area contributed by atoms with Crippen LogP contribution in [0.5, 0.6) is 0 Å². The molecule has 0 atom stereocenters. The molecule has 0 saturated heterocycles. The molecule has 0 N–H and O–H groups in total. The molecular formula is C13H17FO2. The highest BCUT2D eigenvalue weighted by Gasteiger charge is 2.12. The van der Waals surface area contributed by atoms with Crippen LogP contribution in [0, 0.1) is 11.2 Å². The molecule has 0 aliphatic heterocycles. The number of carbonyl (C=O) groups is 1. The lowest BCUT2D eigenvalue weighted by atomic mass is 9.93. The standard InChI is InChI=1S/C13H17FO2/c1-13(2,3)8-9-16-12(15)10-4-6-11(14)7-5-10/h4-7H,8-9H2,1-3H3. The monoisotopic (exact) mass is 224 g/mol. The van der Waals surface area contributed by atoms with Gasteiger partial charge in [0, 0.05) is 0 Å². The Morgan fingerprint density at radius 2 is 1.81 bits per heavy atom. The molecule has 0 fully saturated rings. The van der Waals surface area contributed by atoms with E-state index >= 15 is 0 Å². The Kier molecular flexibility index (Phi) is 4.05. The van der Waals surface area contributed by atoms with Gasteiger partial charge in [-0.2, -0.15) is 0 Å². The molecule has 1 aromatic carbocycles. The van der Waals surface area contributed by atoms with Crippen LogP contribution in [0.1, 0.15) is 37.6 Å². The Bertz CT molecular complexity index is 349. The van der Waals surface area contributed by atoms with E-state index in [4.69, 9.17) is 4.74 Å². The van der Waals surface area contributed by atoms with E-state index in [1.54, 1.807) is 0 Å². The highest BCUT2D eigenvalue weighted by molar-refractivity contribution is 5.89. The van der Waals surface area contributed by atoms with E-state index in [9.17, 15) is 9.18 Å². The zero-order chi connectivity index (χ0) is 12.2. The van der Waals surface area contributed by atoms with Crippen LogP contribution in [-0.2, 0) is 4.74 Å². The van der Waals surface area contributed by atoms with Crippen molar-refractivity contribution in [2.24, 2.45) is 5.41 Å². The molecule has 88 valence electrons. The summed E-state index contributed by atoms with van der Waals surface area (Å²) in [7, 11) is 0. The van der Waals surface area contributed by atoms with Gasteiger partial charge in [-0.05, 0) is 36.1 Å². The number of halogens is 1. The summed E-state index contributed by atoms with van der Waals surface area (Å²) in [6.45, 7) is 6.63. The number of hydrogen-bond donors (Lipinski definition) is 0. The zero-order valence-corrected chi connectivity index (χ0v) is 9.92. The van der Waals surface area contributed by atoms with Crippen molar-refractivity contribution in [3.63, 3.8) is 0 Å². The lowest BCUT2D eigenvalue weighted by Gasteiger charge is -2.17. The molecule has 16 heavy (non-hydrogen) atoms. The minimum atomic E-state index is -0.399. The van der Waals surface area contributed by atoms with Gasteiger partial charge < -0.3 is 4.74 Å². The topological polar surface area (TPSA) is 26.3 Å². The second-order valence-electron chi connectivity index (χ2n) is 4.95. The fraction of sp³-hybridized carbons (Fsp3) is 0.462. The van der Waals surface area contributed by atoms with Crippen molar-refractivity contribution in [3.8, 4) is 0 Å². The first-order valence-electron chi connectivity index (χ1n) is 5.31. The Morgan fingerprint density at radius 1 is 1.25 bits per heavy atom. The molecule has 0 unspecified atom stereocenters. The second-order valence-corrected chi connectivity index (χ2v) is 4.95. The van der Waals surface area contributed by atoms with Crippen LogP contribution in [0.15, 0.2) is 24.3 Å². The molecule has 1 aromatic rings. The van der Waals surface area contributed by atoms with E-state index in [1.165, 1.54) is 24.3 Å². The highest BCUT2D eigenvalue weighted by Crippen LogP contribution is 2.18. The van der Waals surface area contributed by atoms with Crippen LogP contribution in [-0.4, -0.2) is 12.6 Å². The fourth-order valence-corrected chi connectivity index (χ4v) is 1.12. The Balaban J connectivity index is 2.44. The van der Waals surface area contributed by atoms with Crippen LogP contribution in [0.2, 0.25) is 0 Å². The van der Waals surface area contributed by atoms with Crippen molar-refractivity contribution in [2.45, 2.75) is 27.2 Å². The van der Waals surface area contributed by atoms with E-state index in [-0.39, 0.29) is 11.2 Å². The first-order chi connectivity index (χ1) is 7.38. The minimum absolute atomic E-state index is 0.142. The van der Waals surface area contributed by atoms with Gasteiger partial charge in [0.25, 0.3) is 0 Å². The van der Waals surface area contributed by atoms with Gasteiger partial charge in [0.2, 0.25) is 0 Å². The predicted octanol–water partition coefficient (Wildman–Crippen LogP) is 3.42. The summed E-state index contributed by atoms with van der Waals surface area (Å²) in [6, 6.07) is 5.35. The summed E-state index contributed by atoms with van der Waals surface area (Å²) in [5.41, 5.74) is 0.526. The maximum atomic E-state index is 12.6. The summed E-state index contributed by atoms with van der Waals surface area (Å²) in [6.07, 6.45) is 0.805. The SMILES string of the molecule is CC(C)(C)CCOC(=O)c1ccc(F)cc1. The smallest absolute Gasteiger partial charge is 0.338 e. The maximum Gasteiger partial charge on any atom is 0.338 e. The number of ether oxygens (including phenoxy) is 1. The van der Waals surface area contributed by atoms with Crippen molar-refractivity contribution in [2.75, 3.05) is 6.61 Å². The number of benzene rings is 1. The number of carbonyl (C=O) groups excluding carboxylic acids is 1. The second kappa shape index (κ2) is 5.10. The minimum Gasteiger partial charge on any atom is -0.462 e. The highest BCUT2D eigenvalue weighted by atomic mass is 19.1. The average molecular weight is 224 g/mol. The molecule has 0 bridgehead atoms. The summed E-state index contributed by atoms with van der Waals surface area (Å²) >= 11 is 0. The summed E-state index contributed by atoms with van der Waals surface area (Å²) in [5.74, 6) is -0.754. The van der Waals surface area contributed by atoms with E-state index in [2.05, 4.69) is 20.8 Å². The largest absolute Gasteiger partial charge is 0.462 e. The molecule has 0 radical (unpaired) electrons. The maximum absolute atomic E-state index is 12.6. The number of rotatable bonds is 3. The van der Waals surface area contributed by atoms with Crippen LogP contribution in [0.4, 0.5) is 4.39 Å². The first-order valence-corrected chi connectivity index (χ1v) is 5.31. The number of esters is 1. The van der Waals surface area contributed by atoms with Crippen LogP contribution < -0.4 is 0 Å². The van der Waals surface area contributed by atoms with Crippen LogP contribution in [0.25, 0.3) is 0 Å². The van der Waals surface area contributed by atoms with Crippen molar-refractivity contribution >= 4 is 5.97 Å². The van der Waals surface area contributed by atoms with Crippen molar-refractivity contribution in [3.05, 3.63) is 35.6 Å². The summed E-state index contributed by atoms with van der Waals surface area (Å²) in [4.78, 5) is 11.5. The van der Waals surface area contributed by atoms with Crippen molar-refractivity contribution in [1.29, 1.82) is 0 Å². The Hall–Kier alpha value is -1.38. The van der Waals surface area contributed by atoms with E-state index in [0.29, 0.717) is 12.2 Å². The van der Waals surface area contributed by atoms with Gasteiger partial charge in [-0.25, -0.2) is 9.18 Å². The fourth-order valence-electron chi connectivity index (χ4n) is 1.12. The molecule has 3 heteroatoms. The third-order valence-corrected chi connectivity index (χ3v) is 2.17. The number of hydrogen-bond acceptors (Lipinski definition) is 2. The van der Waals surface area contributed by atoms with E-state index in [0.717, 1.165) is 6.42 Å². The van der Waals surface area contributed by atoms with E-state index in [1.807, 2.05) is 0 Å². The molecule has 0 heterocycles. The molecule has 0 amide bonds. The summed E-state index contributed by atoms with van der Waals surface area (Å²) in [5, 5.41) is 0. The lowest BCUT2D eigenvalue weighted by molar-refractivity contribution is 0.0465. The molecule has 0 saturated carbocycles. The van der Waals surface area contributed by atoms with Crippen molar-refractivity contribution in [1.82, 2.24) is 0 Å². The summed E-state index contributed by atoms with van der Waals surface area (Å²) < 4.78 is 17.7. The lowest BCUT2D eigenvalue weighted by Crippen LogP contribution is -2.13. The normalized spacial score (nSPS) is 11.2. The van der Waals surface area contributed by atoms with Gasteiger partial charge in [-0.1, -0.05) is 20.8 Å². The van der Waals surface area contributed by atoms with Gasteiger partial charge in [-0.15, -0.1) is 0 Å². The van der Waals surface area contributed by atoms with Crippen LogP contribution >= 0.6 is 0 Å². The van der Waals surface area contributed by atoms with Gasteiger partial charge in [0.05, 0.1) is 12.2 Å². The Labute approximate surface area is 95.4 Å². The molecule has 0 aliphatic rings. The van der Waals surface area contributed by atoms with Crippen LogP contribution in [0.3, 0.4) is 0 Å². The Morgan fingerprint density at radius 3 is 2.31 bits per heavy atom. The third-order valence-electron chi connectivity index (χ3n) is 2.17. The average Bonchev–Trinajstić information content (AvgIpc) is 2.16. The predicted molar refractivity (Wildman–Crippen MR) is 60.8 cm³/mol. The zero-order valence-electron chi connectivity index (χ0n) is 9.92. The third kappa shape index (κ3) is 4.43. The van der Waals surface area contributed by atoms with E-state index < -0.39 is 5.97 Å². The molecular weight excluding hydrogens is 207 g/mol. The van der Waals surface area contributed by atoms with Gasteiger partial charge in [-0.3, -0.25) is 0 Å².